The van der Waals surface area contributed by atoms with Crippen LogP contribution in [0.3, 0.4) is 0 Å². The van der Waals surface area contributed by atoms with E-state index in [1.54, 1.807) is 25.1 Å². The number of amides is 2. The number of halogens is 1. The molecule has 2 rings (SSSR count). The number of nitrogens with zero attached hydrogens (tertiary/aromatic N) is 1. The Morgan fingerprint density at radius 3 is 2.77 bits per heavy atom. The van der Waals surface area contributed by atoms with Crippen molar-refractivity contribution in [1.82, 2.24) is 4.90 Å². The van der Waals surface area contributed by atoms with Gasteiger partial charge in [0.15, 0.2) is 0 Å². The fourth-order valence-corrected chi connectivity index (χ4v) is 2.53. The molecule has 0 spiro atoms. The van der Waals surface area contributed by atoms with E-state index in [1.807, 2.05) is 0 Å². The van der Waals surface area contributed by atoms with Crippen molar-refractivity contribution in [2.75, 3.05) is 11.9 Å². The van der Waals surface area contributed by atoms with Crippen molar-refractivity contribution in [3.8, 4) is 0 Å². The molecule has 0 aromatic heterocycles. The summed E-state index contributed by atoms with van der Waals surface area (Å²) < 4.78 is 0. The predicted octanol–water partition coefficient (Wildman–Crippen LogP) is 3.11. The molecule has 1 heterocycles. The van der Waals surface area contributed by atoms with Crippen LogP contribution in [-0.4, -0.2) is 38.6 Å². The van der Waals surface area contributed by atoms with Crippen LogP contribution >= 0.6 is 23.8 Å². The minimum Gasteiger partial charge on any atom is -0.511 e. The Morgan fingerprint density at radius 2 is 2.14 bits per heavy atom. The van der Waals surface area contributed by atoms with Crippen LogP contribution in [-0.2, 0) is 4.79 Å². The Bertz CT molecular complexity index is 702. The first-order chi connectivity index (χ1) is 10.3. The van der Waals surface area contributed by atoms with Gasteiger partial charge in [-0.1, -0.05) is 29.9 Å². The number of carbonyl (C=O) groups excluding carboxylic acids is 1. The van der Waals surface area contributed by atoms with Crippen LogP contribution in [0.5, 0.6) is 0 Å². The molecule has 0 aliphatic carbocycles. The van der Waals surface area contributed by atoms with Gasteiger partial charge in [-0.25, -0.2) is 9.69 Å². The molecule has 0 unspecified atom stereocenters. The van der Waals surface area contributed by atoms with E-state index in [4.69, 9.17) is 28.9 Å². The molecule has 0 radical (unpaired) electrons. The lowest BCUT2D eigenvalue weighted by molar-refractivity contribution is -0.125. The highest BCUT2D eigenvalue weighted by atomic mass is 35.5. The average Bonchev–Trinajstić information content (AvgIpc) is 2.43. The summed E-state index contributed by atoms with van der Waals surface area (Å²) in [5, 5.41) is 22.2. The average molecular weight is 341 g/mol. The van der Waals surface area contributed by atoms with E-state index in [0.717, 1.165) is 5.56 Å². The lowest BCUT2D eigenvalue weighted by atomic mass is 10.1. The normalized spacial score (nSPS) is 15.0. The minimum atomic E-state index is -1.38. The Kier molecular flexibility index (Phi) is 4.68. The van der Waals surface area contributed by atoms with Gasteiger partial charge in [-0.2, -0.15) is 0 Å². The quantitative estimate of drug-likeness (QED) is 0.717. The monoisotopic (exact) mass is 340 g/mol. The highest BCUT2D eigenvalue weighted by Gasteiger charge is 2.33. The van der Waals surface area contributed by atoms with Crippen molar-refractivity contribution in [3.63, 3.8) is 0 Å². The topological polar surface area (TPSA) is 89.9 Å². The molecule has 0 saturated carbocycles. The van der Waals surface area contributed by atoms with Gasteiger partial charge in [0.25, 0.3) is 5.91 Å². The second-order valence-electron chi connectivity index (χ2n) is 4.68. The summed E-state index contributed by atoms with van der Waals surface area (Å²) in [5.74, 6) is -1.06. The lowest BCUT2D eigenvalue weighted by Crippen LogP contribution is -2.43. The predicted molar refractivity (Wildman–Crippen MR) is 86.4 cm³/mol. The van der Waals surface area contributed by atoms with Gasteiger partial charge in [0.2, 0.25) is 0 Å². The number of thiocarbonyl (C=S) groups is 1. The van der Waals surface area contributed by atoms with Gasteiger partial charge in [0.1, 0.15) is 16.3 Å². The number of hydrogen-bond donors (Lipinski definition) is 3. The number of nitrogens with one attached hydrogen (secondary N) is 1. The fraction of sp³-hybridized carbons (Fsp3) is 0.214. The first-order valence-electron chi connectivity index (χ1n) is 6.36. The van der Waals surface area contributed by atoms with E-state index in [2.05, 4.69) is 5.32 Å². The van der Waals surface area contributed by atoms with Crippen molar-refractivity contribution in [3.05, 3.63) is 40.1 Å². The van der Waals surface area contributed by atoms with E-state index in [0.29, 0.717) is 15.6 Å². The van der Waals surface area contributed by atoms with Crippen LogP contribution in [0.15, 0.2) is 29.5 Å². The number of aliphatic hydroxyl groups excluding tert-OH is 1. The molecule has 22 heavy (non-hydrogen) atoms. The molecule has 1 aromatic rings. The molecule has 1 aromatic carbocycles. The summed E-state index contributed by atoms with van der Waals surface area (Å²) in [6.45, 7) is 1.68. The smallest absolute Gasteiger partial charge is 0.414 e. The number of carboxylic acid groups (broad SMARTS) is 1. The summed E-state index contributed by atoms with van der Waals surface area (Å²) in [6, 6.07) is 5.13. The summed E-state index contributed by atoms with van der Waals surface area (Å²) in [6.07, 6.45) is -1.35. The SMILES string of the molecule is Cc1c(Cl)cccc1NC(=S)C1=C(O)CCN(C(=O)O)C1=O. The number of benzene rings is 1. The van der Waals surface area contributed by atoms with Crippen molar-refractivity contribution in [1.29, 1.82) is 0 Å². The van der Waals surface area contributed by atoms with E-state index in [1.165, 1.54) is 0 Å². The molecule has 2 amide bonds. The maximum atomic E-state index is 12.1. The van der Waals surface area contributed by atoms with Crippen molar-refractivity contribution in [2.45, 2.75) is 13.3 Å². The van der Waals surface area contributed by atoms with Crippen molar-refractivity contribution in [2.24, 2.45) is 0 Å². The van der Waals surface area contributed by atoms with E-state index in [9.17, 15) is 14.7 Å². The Hall–Kier alpha value is -2.12. The zero-order valence-electron chi connectivity index (χ0n) is 11.6. The number of carbonyl (C=O) groups is 2. The van der Waals surface area contributed by atoms with Crippen LogP contribution in [0, 0.1) is 6.92 Å². The molecule has 0 fully saturated rings. The second-order valence-corrected chi connectivity index (χ2v) is 5.49. The molecule has 116 valence electrons. The third-order valence-electron chi connectivity index (χ3n) is 3.29. The Balaban J connectivity index is 2.30. The largest absolute Gasteiger partial charge is 0.511 e. The molecule has 3 N–H and O–H groups in total. The number of rotatable bonds is 2. The molecule has 8 heteroatoms. The summed E-state index contributed by atoms with van der Waals surface area (Å²) in [4.78, 5) is 23.7. The second kappa shape index (κ2) is 6.33. The van der Waals surface area contributed by atoms with Gasteiger partial charge < -0.3 is 15.5 Å². The van der Waals surface area contributed by atoms with Gasteiger partial charge in [-0.15, -0.1) is 0 Å². The van der Waals surface area contributed by atoms with E-state index >= 15 is 0 Å². The summed E-state index contributed by atoms with van der Waals surface area (Å²) in [5.41, 5.74) is 1.10. The van der Waals surface area contributed by atoms with Gasteiger partial charge in [0.05, 0.1) is 0 Å². The fourth-order valence-electron chi connectivity index (χ4n) is 2.04. The minimum absolute atomic E-state index is 0.0315. The van der Waals surface area contributed by atoms with Crippen LogP contribution in [0.1, 0.15) is 12.0 Å². The highest BCUT2D eigenvalue weighted by molar-refractivity contribution is 7.81. The molecule has 0 atom stereocenters. The van der Waals surface area contributed by atoms with Crippen LogP contribution < -0.4 is 5.32 Å². The molecule has 6 nitrogen and oxygen atoms in total. The maximum absolute atomic E-state index is 12.1. The molecule has 1 aliphatic heterocycles. The Labute approximate surface area is 137 Å². The van der Waals surface area contributed by atoms with Crippen molar-refractivity contribution >= 4 is 46.5 Å². The zero-order valence-corrected chi connectivity index (χ0v) is 13.2. The molecule has 0 saturated heterocycles. The van der Waals surface area contributed by atoms with Crippen molar-refractivity contribution < 1.29 is 19.8 Å². The van der Waals surface area contributed by atoms with E-state index < -0.39 is 12.0 Å². The number of imide groups is 1. The molecular formula is C14H13ClN2O4S. The molecular weight excluding hydrogens is 328 g/mol. The number of anilines is 1. The first-order valence-corrected chi connectivity index (χ1v) is 7.15. The third kappa shape index (κ3) is 3.05. The summed E-state index contributed by atoms with van der Waals surface area (Å²) >= 11 is 11.1. The third-order valence-corrected chi connectivity index (χ3v) is 4.01. The van der Waals surface area contributed by atoms with Crippen LogP contribution in [0.2, 0.25) is 5.02 Å². The zero-order chi connectivity index (χ0) is 16.4. The van der Waals surface area contributed by atoms with E-state index in [-0.39, 0.29) is 29.3 Å². The Morgan fingerprint density at radius 1 is 1.45 bits per heavy atom. The van der Waals surface area contributed by atoms with Crippen LogP contribution in [0.25, 0.3) is 0 Å². The number of aliphatic hydroxyl groups is 1. The van der Waals surface area contributed by atoms with Gasteiger partial charge >= 0.3 is 6.09 Å². The van der Waals surface area contributed by atoms with Gasteiger partial charge in [0, 0.05) is 23.7 Å². The molecule has 1 aliphatic rings. The lowest BCUT2D eigenvalue weighted by Gasteiger charge is -2.25. The van der Waals surface area contributed by atoms with Gasteiger partial charge in [-0.3, -0.25) is 4.79 Å². The number of hydrogen-bond acceptors (Lipinski definition) is 4. The maximum Gasteiger partial charge on any atom is 0.414 e. The summed E-state index contributed by atoms with van der Waals surface area (Å²) in [7, 11) is 0. The standard InChI is InChI=1S/C14H13ClN2O4S/c1-7-8(15)3-2-4-9(7)16-12(22)11-10(18)5-6-17(13(11)19)14(20)21/h2-4,18H,5-6H2,1H3,(H,16,22)(H,20,21). The van der Waals surface area contributed by atoms with Gasteiger partial charge in [-0.05, 0) is 24.6 Å². The highest BCUT2D eigenvalue weighted by Crippen LogP contribution is 2.25. The van der Waals surface area contributed by atoms with Crippen LogP contribution in [0.4, 0.5) is 10.5 Å². The molecule has 0 bridgehead atoms. The first kappa shape index (κ1) is 16.3.